The van der Waals surface area contributed by atoms with Gasteiger partial charge < -0.3 is 9.84 Å². The number of rotatable bonds is 3. The van der Waals surface area contributed by atoms with Crippen LogP contribution < -0.4 is 0 Å². The van der Waals surface area contributed by atoms with Crippen LogP contribution in [0, 0.1) is 11.3 Å². The van der Waals surface area contributed by atoms with Crippen LogP contribution in [0.4, 0.5) is 13.2 Å². The fraction of sp³-hybridized carbons (Fsp3) is 0.273. The predicted molar refractivity (Wildman–Crippen MR) is 60.7 cm³/mol. The van der Waals surface area contributed by atoms with Crippen molar-refractivity contribution in [1.29, 1.82) is 5.26 Å². The average Bonchev–Trinajstić information content (AvgIpc) is 2.30. The largest absolute Gasteiger partial charge is 0.507 e. The fourth-order valence-electron chi connectivity index (χ4n) is 1.29. The van der Waals surface area contributed by atoms with Crippen LogP contribution in [-0.4, -0.2) is 23.2 Å². The van der Waals surface area contributed by atoms with E-state index in [1.54, 1.807) is 6.07 Å². The van der Waals surface area contributed by atoms with E-state index >= 15 is 0 Å². The molecule has 1 rings (SSSR count). The second-order valence-corrected chi connectivity index (χ2v) is 4.29. The molecular formula is C11H8F3NO3S. The lowest BCUT2D eigenvalue weighted by Gasteiger charge is -2.13. The minimum absolute atomic E-state index is 0.0600. The SMILES string of the molecule is CCOC(=O)c1c(C#N)ccc(O)c1SC(F)(F)F. The topological polar surface area (TPSA) is 70.3 Å². The van der Waals surface area contributed by atoms with Crippen molar-refractivity contribution in [3.05, 3.63) is 23.3 Å². The second kappa shape index (κ2) is 5.84. The van der Waals surface area contributed by atoms with Crippen molar-refractivity contribution in [2.24, 2.45) is 0 Å². The van der Waals surface area contributed by atoms with Gasteiger partial charge in [-0.1, -0.05) is 0 Å². The summed E-state index contributed by atoms with van der Waals surface area (Å²) in [5.74, 6) is -1.81. The molecule has 0 unspecified atom stereocenters. The van der Waals surface area contributed by atoms with Crippen LogP contribution in [0.15, 0.2) is 17.0 Å². The van der Waals surface area contributed by atoms with Gasteiger partial charge in [-0.05, 0) is 30.8 Å². The molecule has 19 heavy (non-hydrogen) atoms. The van der Waals surface area contributed by atoms with Crippen LogP contribution in [0.2, 0.25) is 0 Å². The Hall–Kier alpha value is -1.88. The first-order valence-corrected chi connectivity index (χ1v) is 5.80. The molecule has 0 saturated heterocycles. The van der Waals surface area contributed by atoms with Crippen molar-refractivity contribution in [1.82, 2.24) is 0 Å². The minimum atomic E-state index is -4.70. The van der Waals surface area contributed by atoms with Gasteiger partial charge in [0.2, 0.25) is 0 Å². The van der Waals surface area contributed by atoms with E-state index in [1.165, 1.54) is 6.92 Å². The number of phenolic OH excluding ortho intramolecular Hbond substituents is 1. The Morgan fingerprint density at radius 2 is 2.16 bits per heavy atom. The zero-order valence-electron chi connectivity index (χ0n) is 9.61. The summed E-state index contributed by atoms with van der Waals surface area (Å²) in [6, 6.07) is 3.58. The number of alkyl halides is 3. The number of thioether (sulfide) groups is 1. The van der Waals surface area contributed by atoms with E-state index in [0.29, 0.717) is 0 Å². The van der Waals surface area contributed by atoms with E-state index in [0.717, 1.165) is 12.1 Å². The quantitative estimate of drug-likeness (QED) is 0.684. The van der Waals surface area contributed by atoms with E-state index in [9.17, 15) is 23.1 Å². The number of phenols is 1. The highest BCUT2D eigenvalue weighted by atomic mass is 32.2. The molecule has 0 bridgehead atoms. The lowest BCUT2D eigenvalue weighted by molar-refractivity contribution is -0.0329. The van der Waals surface area contributed by atoms with E-state index in [-0.39, 0.29) is 12.2 Å². The zero-order chi connectivity index (χ0) is 14.6. The Morgan fingerprint density at radius 1 is 1.53 bits per heavy atom. The number of carbonyl (C=O) groups is 1. The summed E-state index contributed by atoms with van der Waals surface area (Å²) in [5.41, 5.74) is -5.57. The Labute approximate surface area is 110 Å². The number of ether oxygens (including phenoxy) is 1. The molecule has 102 valence electrons. The lowest BCUT2D eigenvalue weighted by atomic mass is 10.1. The monoisotopic (exact) mass is 291 g/mol. The van der Waals surface area contributed by atoms with Crippen molar-refractivity contribution in [2.75, 3.05) is 6.61 Å². The Balaban J connectivity index is 3.42. The number of hydrogen-bond acceptors (Lipinski definition) is 5. The third kappa shape index (κ3) is 3.79. The van der Waals surface area contributed by atoms with Gasteiger partial charge in [0.1, 0.15) is 11.8 Å². The molecule has 0 amide bonds. The van der Waals surface area contributed by atoms with E-state index in [1.807, 2.05) is 0 Å². The minimum Gasteiger partial charge on any atom is -0.507 e. The van der Waals surface area contributed by atoms with Crippen molar-refractivity contribution in [3.8, 4) is 11.8 Å². The molecule has 0 aliphatic heterocycles. The molecule has 1 aromatic rings. The number of nitrogens with zero attached hydrogens (tertiary/aromatic N) is 1. The highest BCUT2D eigenvalue weighted by molar-refractivity contribution is 8.00. The molecule has 0 radical (unpaired) electrons. The Kier molecular flexibility index (Phi) is 4.67. The van der Waals surface area contributed by atoms with Crippen LogP contribution in [0.5, 0.6) is 5.75 Å². The summed E-state index contributed by atoms with van der Waals surface area (Å²) < 4.78 is 41.8. The molecule has 8 heteroatoms. The molecule has 0 aromatic heterocycles. The number of aromatic hydroxyl groups is 1. The first kappa shape index (κ1) is 15.2. The number of nitriles is 1. The highest BCUT2D eigenvalue weighted by Crippen LogP contribution is 2.44. The van der Waals surface area contributed by atoms with Crippen molar-refractivity contribution in [2.45, 2.75) is 17.3 Å². The normalized spacial score (nSPS) is 10.9. The lowest BCUT2D eigenvalue weighted by Crippen LogP contribution is -2.11. The van der Waals surface area contributed by atoms with Crippen LogP contribution in [0.3, 0.4) is 0 Å². The number of carbonyl (C=O) groups excluding carboxylic acids is 1. The third-order valence-electron chi connectivity index (χ3n) is 1.95. The summed E-state index contributed by atoms with van der Waals surface area (Å²) in [6.45, 7) is 1.42. The average molecular weight is 291 g/mol. The molecule has 0 aliphatic carbocycles. The van der Waals surface area contributed by atoms with Crippen molar-refractivity contribution >= 4 is 17.7 Å². The molecule has 0 fully saturated rings. The molecular weight excluding hydrogens is 283 g/mol. The van der Waals surface area contributed by atoms with E-state index < -0.39 is 39.4 Å². The molecule has 1 N–H and O–H groups in total. The number of benzene rings is 1. The molecule has 0 spiro atoms. The third-order valence-corrected chi connectivity index (χ3v) is 2.80. The van der Waals surface area contributed by atoms with Crippen LogP contribution >= 0.6 is 11.8 Å². The summed E-state index contributed by atoms with van der Waals surface area (Å²) in [4.78, 5) is 10.9. The molecule has 0 aliphatic rings. The number of esters is 1. The fourth-order valence-corrected chi connectivity index (χ4v) is 1.99. The van der Waals surface area contributed by atoms with Crippen LogP contribution in [-0.2, 0) is 4.74 Å². The van der Waals surface area contributed by atoms with Gasteiger partial charge >= 0.3 is 11.5 Å². The number of hydrogen-bond donors (Lipinski definition) is 1. The highest BCUT2D eigenvalue weighted by Gasteiger charge is 2.34. The molecule has 0 saturated carbocycles. The van der Waals surface area contributed by atoms with Gasteiger partial charge in [0, 0.05) is 0 Å². The summed E-state index contributed by atoms with van der Waals surface area (Å²) >= 11 is -0.664. The Morgan fingerprint density at radius 3 is 2.63 bits per heavy atom. The van der Waals surface area contributed by atoms with Gasteiger partial charge in [0.15, 0.2) is 0 Å². The maximum atomic E-state index is 12.4. The molecule has 4 nitrogen and oxygen atoms in total. The van der Waals surface area contributed by atoms with Gasteiger partial charge in [-0.2, -0.15) is 18.4 Å². The first-order valence-electron chi connectivity index (χ1n) is 4.99. The molecule has 1 aromatic carbocycles. The zero-order valence-corrected chi connectivity index (χ0v) is 10.4. The standard InChI is InChI=1S/C11H8F3NO3S/c1-2-18-10(17)8-6(5-15)3-4-7(16)9(8)19-11(12,13)14/h3-4,16H,2H2,1H3. The summed E-state index contributed by atoms with van der Waals surface area (Å²) in [6.07, 6.45) is 0. The van der Waals surface area contributed by atoms with Gasteiger partial charge in [-0.15, -0.1) is 0 Å². The maximum Gasteiger partial charge on any atom is 0.446 e. The predicted octanol–water partition coefficient (Wildman–Crippen LogP) is 3.05. The van der Waals surface area contributed by atoms with Gasteiger partial charge in [-0.3, -0.25) is 0 Å². The summed E-state index contributed by atoms with van der Waals surface area (Å²) in [5, 5.41) is 18.3. The second-order valence-electron chi connectivity index (χ2n) is 3.22. The van der Waals surface area contributed by atoms with E-state index in [2.05, 4.69) is 4.74 Å². The van der Waals surface area contributed by atoms with Gasteiger partial charge in [0.25, 0.3) is 0 Å². The maximum absolute atomic E-state index is 12.4. The van der Waals surface area contributed by atoms with Gasteiger partial charge in [0.05, 0.1) is 22.6 Å². The molecule has 0 heterocycles. The Bertz CT molecular complexity index is 537. The number of halogens is 3. The van der Waals surface area contributed by atoms with Gasteiger partial charge in [-0.25, -0.2) is 4.79 Å². The van der Waals surface area contributed by atoms with E-state index in [4.69, 9.17) is 5.26 Å². The smallest absolute Gasteiger partial charge is 0.446 e. The van der Waals surface area contributed by atoms with Crippen molar-refractivity contribution in [3.63, 3.8) is 0 Å². The van der Waals surface area contributed by atoms with Crippen molar-refractivity contribution < 1.29 is 27.8 Å². The molecule has 0 atom stereocenters. The van der Waals surface area contributed by atoms with Crippen LogP contribution in [0.25, 0.3) is 0 Å². The summed E-state index contributed by atoms with van der Waals surface area (Å²) in [7, 11) is 0. The van der Waals surface area contributed by atoms with Crippen LogP contribution in [0.1, 0.15) is 22.8 Å². The first-order chi connectivity index (χ1) is 8.80.